The molecule has 0 aromatic heterocycles. The molecule has 2 aliphatic rings. The predicted molar refractivity (Wildman–Crippen MR) is 380 cm³/mol. The lowest BCUT2D eigenvalue weighted by molar-refractivity contribution is -0.290. The van der Waals surface area contributed by atoms with E-state index in [1.165, 1.54) is 0 Å². The van der Waals surface area contributed by atoms with E-state index in [4.69, 9.17) is 9.47 Å². The van der Waals surface area contributed by atoms with E-state index in [-0.39, 0.29) is 94.4 Å². The highest BCUT2D eigenvalue weighted by molar-refractivity contribution is 7.59. The minimum Gasteiger partial charge on any atom is -0.508 e. The summed E-state index contributed by atoms with van der Waals surface area (Å²) in [5.41, 5.74) is -42.1. The molecule has 0 aliphatic carbocycles. The Hall–Kier alpha value is -12.0. The van der Waals surface area contributed by atoms with Crippen molar-refractivity contribution in [3.05, 3.63) is 229 Å². The van der Waals surface area contributed by atoms with Gasteiger partial charge in [0, 0.05) is 27.8 Å². The van der Waals surface area contributed by atoms with Crippen LogP contribution in [-0.4, -0.2) is 140 Å². The van der Waals surface area contributed by atoms with Gasteiger partial charge in [0.25, 0.3) is 6.47 Å². The molecule has 123 heavy (non-hydrogen) atoms. The van der Waals surface area contributed by atoms with Gasteiger partial charge in [-0.3, -0.25) is 9.59 Å². The lowest BCUT2D eigenvalue weighted by Gasteiger charge is -2.38. The van der Waals surface area contributed by atoms with Crippen molar-refractivity contribution in [1.82, 2.24) is 0 Å². The van der Waals surface area contributed by atoms with Gasteiger partial charge in [0.15, 0.2) is 28.2 Å². The number of carboxylic acid groups (broad SMARTS) is 1. The number of phenolic OH excluding ortho intramolecular Hbond substituents is 2. The smallest absolute Gasteiger partial charge is 0.421 e. The summed E-state index contributed by atoms with van der Waals surface area (Å²) >= 11 is 0. The Bertz CT molecular complexity index is 5280. The highest BCUT2D eigenvalue weighted by Crippen LogP contribution is 2.60. The van der Waals surface area contributed by atoms with Crippen molar-refractivity contribution in [2.45, 2.75) is 132 Å². The van der Waals surface area contributed by atoms with Crippen molar-refractivity contribution in [2.75, 3.05) is 7.11 Å². The van der Waals surface area contributed by atoms with Crippen LogP contribution in [-0.2, 0) is 47.5 Å². The summed E-state index contributed by atoms with van der Waals surface area (Å²) < 4.78 is 362. The number of benzene rings is 8. The van der Waals surface area contributed by atoms with Crippen LogP contribution >= 0.6 is 13.5 Å². The summed E-state index contributed by atoms with van der Waals surface area (Å²) in [6.07, 6.45) is -46.2. The van der Waals surface area contributed by atoms with Gasteiger partial charge < -0.3 is 59.4 Å². The maximum absolute atomic E-state index is 15.1. The molecule has 0 radical (unpaired) electrons. The van der Waals surface area contributed by atoms with Crippen molar-refractivity contribution >= 4 is 61.6 Å². The number of methoxy groups -OCH3 is 1. The Balaban J connectivity index is 0.000000361. The Morgan fingerprint density at radius 1 is 0.358 bits per heavy atom. The normalized spacial score (nSPS) is 15.2. The van der Waals surface area contributed by atoms with Crippen molar-refractivity contribution in [3.8, 4) is 51.0 Å². The number of Topliss-reactive ketones (excluding diaryl/α,β-unsaturated/α-hetero) is 1. The molecule has 0 spiro atoms. The second-order valence-corrected chi connectivity index (χ2v) is 26.7. The number of carbonyl (C=O) groups is 8. The zero-order valence-corrected chi connectivity index (χ0v) is 61.9. The van der Waals surface area contributed by atoms with E-state index in [0.29, 0.717) is 76.2 Å². The van der Waals surface area contributed by atoms with E-state index in [2.05, 4.69) is 14.2 Å². The van der Waals surface area contributed by atoms with Gasteiger partial charge in [-0.25, -0.2) is 28.8 Å². The third-order valence-corrected chi connectivity index (χ3v) is 19.1. The maximum atomic E-state index is 15.1. The van der Waals surface area contributed by atoms with Crippen LogP contribution in [0.25, 0.3) is 22.3 Å². The summed E-state index contributed by atoms with van der Waals surface area (Å²) in [4.78, 5) is 95.3. The van der Waals surface area contributed by atoms with Crippen LogP contribution in [0.4, 0.5) is 105 Å². The van der Waals surface area contributed by atoms with Crippen LogP contribution in [0.1, 0.15) is 166 Å². The molecule has 8 aromatic carbocycles. The van der Waals surface area contributed by atoms with Gasteiger partial charge in [0.05, 0.1) is 34.9 Å². The number of aromatic hydroxyl groups is 2. The fourth-order valence-corrected chi connectivity index (χ4v) is 12.4. The molecule has 0 saturated carbocycles. The Morgan fingerprint density at radius 2 is 0.642 bits per heavy atom. The number of cyclic esters (lactones) is 4. The SMILES string of the molecule is C.C.CC(O)(c1cc(-c2ccc(O)c(C(C)(O)C(F)(F)F)c2)ccc1O)C(F)(F)F.COc1ccc(-c2ccc(OC(=O)c3cc(C(c4ccc(C(=O)O)c(C(C)=O)c4)(C(F)(F)F)C(F)(F)F)ccc3OC=O)c(C(C)(O)C(F)(F)F)c2)cc1C(C)(O)C(F)(F)F.O=C1OC(=O)c2cc(C(c3ccc4c(c3)C(=O)OC4=O)(C(F)(F)F)C(F)(F)F)ccc21.S. The van der Waals surface area contributed by atoms with Crippen molar-refractivity contribution < 1.29 is 203 Å². The molecule has 10 rings (SSSR count). The number of hydrogen-bond acceptors (Lipinski definition) is 19. The molecule has 45 heteroatoms. The number of esters is 5. The van der Waals surface area contributed by atoms with Crippen LogP contribution < -0.4 is 14.2 Å². The summed E-state index contributed by atoms with van der Waals surface area (Å²) in [5.74, 6) is -15.1. The molecule has 0 bridgehead atoms. The quantitative estimate of drug-likeness (QED) is 0.0111. The van der Waals surface area contributed by atoms with Crippen LogP contribution in [0.15, 0.2) is 146 Å². The summed E-state index contributed by atoms with van der Waals surface area (Å²) in [6, 6.07) is 13.1. The van der Waals surface area contributed by atoms with Gasteiger partial charge in [-0.2, -0.15) is 119 Å². The van der Waals surface area contributed by atoms with Crippen LogP contribution in [0.2, 0.25) is 0 Å². The minimum absolute atomic E-state index is 0. The van der Waals surface area contributed by atoms with E-state index >= 15 is 26.3 Å². The zero-order chi connectivity index (χ0) is 91.1. The van der Waals surface area contributed by atoms with Crippen molar-refractivity contribution in [3.63, 3.8) is 0 Å². The average Bonchev–Trinajstić information content (AvgIpc) is 1.41. The average molecular weight is 1810 g/mol. The molecule has 0 fully saturated rings. The minimum atomic E-state index is -6.44. The number of phenols is 2. The number of aliphatic hydroxyl groups is 4. The third kappa shape index (κ3) is 18.3. The first-order chi connectivity index (χ1) is 54.6. The number of ketones is 1. The second kappa shape index (κ2) is 34.4. The lowest BCUT2D eigenvalue weighted by atomic mass is 9.71. The number of fused-ring (bicyclic) bond motifs is 2. The van der Waals surface area contributed by atoms with Crippen LogP contribution in [0.5, 0.6) is 28.7 Å². The molecule has 4 unspecified atom stereocenters. The predicted octanol–water partition coefficient (Wildman–Crippen LogP) is 18.4. The van der Waals surface area contributed by atoms with Gasteiger partial charge >= 0.3 is 85.2 Å². The molecule has 2 heterocycles. The first-order valence-electron chi connectivity index (χ1n) is 32.7. The number of hydrogen-bond donors (Lipinski definition) is 7. The first kappa shape index (κ1) is 102. The molecule has 20 nitrogen and oxygen atoms in total. The number of ether oxygens (including phenoxy) is 5. The van der Waals surface area contributed by atoms with E-state index in [1.807, 2.05) is 0 Å². The fourth-order valence-electron chi connectivity index (χ4n) is 12.4. The Morgan fingerprint density at radius 3 is 0.967 bits per heavy atom. The van der Waals surface area contributed by atoms with Crippen LogP contribution in [0.3, 0.4) is 0 Å². The Kier molecular flexibility index (Phi) is 28.4. The third-order valence-electron chi connectivity index (χ3n) is 19.1. The molecule has 4 atom stereocenters. The van der Waals surface area contributed by atoms with Gasteiger partial charge in [-0.05, 0) is 176 Å². The molecular weight excluding hydrogens is 1740 g/mol. The summed E-state index contributed by atoms with van der Waals surface area (Å²) in [5, 5.41) is 69.5. The maximum Gasteiger partial charge on any atom is 0.421 e. The molecule has 666 valence electrons. The summed E-state index contributed by atoms with van der Waals surface area (Å²) in [7, 11) is 0.947. The van der Waals surface area contributed by atoms with Gasteiger partial charge in [-0.1, -0.05) is 63.4 Å². The molecule has 0 amide bonds. The number of carboxylic acids is 1. The Labute approximate surface area is 681 Å². The number of carbonyl (C=O) groups excluding carboxylic acids is 7. The van der Waals surface area contributed by atoms with Crippen molar-refractivity contribution in [2.24, 2.45) is 0 Å². The number of alkyl halides is 24. The highest BCUT2D eigenvalue weighted by Gasteiger charge is 2.74. The monoisotopic (exact) mass is 1800 g/mol. The number of halogens is 24. The standard InChI is InChI=1S/C39H28F12O10.C19H6F6O6.C18H16F6O4.2CH4.H2S/c1-18(53)24-15-21(7-9-23(24)31(54)55)35(38(46,47)48,39(49,50)51)22-8-12-28(60-17-52)25(16-22)32(56)61-30-11-6-20(14-27(30)34(3,58)37(43,44)45)19-5-10-29(59-4)26(13-19)33(2,57)36(40,41)42;20-18(21,22)17(19(23,24)25,7-1-3-9-11(5-7)15(28)30-13(9)26)8-2-4-10-12(6-8)16(29)31-14(10)27;1-15(27,17(19,20)21)11-7-9(3-5-13(11)25)10-4-6-14(26)12(8-10)16(2,28)18(22,23)24;;;/h5-17,57-58H,1-4H3,(H,54,55);1-6H;3-8,25-28H,1-2H3;2*1H4;1H2. The van der Waals surface area contributed by atoms with Gasteiger partial charge in [0.2, 0.25) is 10.8 Å². The first-order valence-corrected chi connectivity index (χ1v) is 32.7. The van der Waals surface area contributed by atoms with Crippen LogP contribution in [0, 0.1) is 0 Å². The largest absolute Gasteiger partial charge is 0.508 e. The number of aromatic carboxylic acids is 1. The topological polar surface area (TPSA) is 324 Å². The molecule has 2 aliphatic heterocycles. The van der Waals surface area contributed by atoms with E-state index in [1.54, 1.807) is 0 Å². The van der Waals surface area contributed by atoms with E-state index in [9.17, 15) is 153 Å². The fraction of sp³-hybridized carbons (Fsp3) is 0.282. The van der Waals surface area contributed by atoms with Gasteiger partial charge in [-0.15, -0.1) is 0 Å². The molecular formula is C78H60F24O20S. The summed E-state index contributed by atoms with van der Waals surface area (Å²) in [6.45, 7) is 1.53. The van der Waals surface area contributed by atoms with E-state index < -0.39 is 248 Å². The second-order valence-electron chi connectivity index (χ2n) is 26.7. The molecule has 0 saturated heterocycles. The van der Waals surface area contributed by atoms with Crippen molar-refractivity contribution in [1.29, 1.82) is 0 Å². The van der Waals surface area contributed by atoms with E-state index in [0.717, 1.165) is 61.7 Å². The zero-order valence-electron chi connectivity index (χ0n) is 60.9. The number of rotatable bonds is 17. The molecule has 7 N–H and O–H groups in total. The molecule has 8 aromatic rings. The lowest BCUT2D eigenvalue weighted by Crippen LogP contribution is -2.55. The van der Waals surface area contributed by atoms with Gasteiger partial charge in [0.1, 0.15) is 34.3 Å². The highest BCUT2D eigenvalue weighted by atomic mass is 32.1.